The molecule has 0 radical (unpaired) electrons. The average molecular weight is 245 g/mol. The van der Waals surface area contributed by atoms with Crippen molar-refractivity contribution < 1.29 is 9.90 Å². The van der Waals surface area contributed by atoms with Crippen LogP contribution in [0.2, 0.25) is 0 Å². The van der Waals surface area contributed by atoms with E-state index in [9.17, 15) is 4.79 Å². The summed E-state index contributed by atoms with van der Waals surface area (Å²) in [5, 5.41) is 22.0. The number of carbonyl (C=O) groups is 1. The Morgan fingerprint density at radius 2 is 2.00 bits per heavy atom. The van der Waals surface area contributed by atoms with E-state index in [1.54, 1.807) is 6.92 Å². The monoisotopic (exact) mass is 245 g/mol. The number of hydrogen-bond donors (Lipinski definition) is 2. The van der Waals surface area contributed by atoms with Gasteiger partial charge in [0.1, 0.15) is 0 Å². The molecular formula is C13H15N3O2. The molecule has 5 nitrogen and oxygen atoms in total. The molecule has 0 aliphatic carbocycles. The largest absolute Gasteiger partial charge is 0.481 e. The standard InChI is InChI=1S/C13H15N3O2/c1-8(13(17)18)7-14-12-11-6-4-3-5-10(11)9(2)15-16-12/h3-6,8H,7H2,1-2H3,(H,14,16)(H,17,18). The number of anilines is 1. The van der Waals surface area contributed by atoms with Crippen molar-refractivity contribution in [1.29, 1.82) is 0 Å². The maximum Gasteiger partial charge on any atom is 0.308 e. The first-order chi connectivity index (χ1) is 8.59. The number of aryl methyl sites for hydroxylation is 1. The van der Waals surface area contributed by atoms with Gasteiger partial charge in [0.2, 0.25) is 0 Å². The zero-order valence-corrected chi connectivity index (χ0v) is 10.3. The van der Waals surface area contributed by atoms with E-state index in [-0.39, 0.29) is 0 Å². The van der Waals surface area contributed by atoms with Crippen LogP contribution < -0.4 is 5.32 Å². The van der Waals surface area contributed by atoms with E-state index in [0.717, 1.165) is 16.5 Å². The second-order valence-electron chi connectivity index (χ2n) is 4.30. The van der Waals surface area contributed by atoms with E-state index < -0.39 is 11.9 Å². The second kappa shape index (κ2) is 5.00. The van der Waals surface area contributed by atoms with Crippen LogP contribution in [0, 0.1) is 12.8 Å². The summed E-state index contributed by atoms with van der Waals surface area (Å²) in [5.74, 6) is -0.664. The Balaban J connectivity index is 2.29. The molecule has 1 aromatic carbocycles. The number of aromatic nitrogens is 2. The molecular weight excluding hydrogens is 230 g/mol. The maximum atomic E-state index is 10.8. The first-order valence-corrected chi connectivity index (χ1v) is 5.78. The summed E-state index contributed by atoms with van der Waals surface area (Å²) < 4.78 is 0. The minimum absolute atomic E-state index is 0.330. The lowest BCUT2D eigenvalue weighted by Crippen LogP contribution is -2.20. The van der Waals surface area contributed by atoms with Crippen molar-refractivity contribution in [2.75, 3.05) is 11.9 Å². The van der Waals surface area contributed by atoms with Crippen molar-refractivity contribution in [2.24, 2.45) is 5.92 Å². The van der Waals surface area contributed by atoms with E-state index in [1.807, 2.05) is 31.2 Å². The summed E-state index contributed by atoms with van der Waals surface area (Å²) >= 11 is 0. The lowest BCUT2D eigenvalue weighted by atomic mass is 10.1. The Labute approximate surface area is 105 Å². The highest BCUT2D eigenvalue weighted by molar-refractivity contribution is 5.92. The van der Waals surface area contributed by atoms with Gasteiger partial charge in [-0.3, -0.25) is 4.79 Å². The number of carboxylic acid groups (broad SMARTS) is 1. The zero-order chi connectivity index (χ0) is 13.1. The highest BCUT2D eigenvalue weighted by Crippen LogP contribution is 2.22. The zero-order valence-electron chi connectivity index (χ0n) is 10.3. The van der Waals surface area contributed by atoms with Gasteiger partial charge in [-0.15, -0.1) is 5.10 Å². The number of nitrogens with zero attached hydrogens (tertiary/aromatic N) is 2. The molecule has 18 heavy (non-hydrogen) atoms. The third-order valence-electron chi connectivity index (χ3n) is 2.87. The summed E-state index contributed by atoms with van der Waals surface area (Å²) in [6.45, 7) is 3.88. The summed E-state index contributed by atoms with van der Waals surface area (Å²) in [6, 6.07) is 7.80. The van der Waals surface area contributed by atoms with Crippen LogP contribution in [-0.4, -0.2) is 27.8 Å². The van der Waals surface area contributed by atoms with E-state index in [4.69, 9.17) is 5.11 Å². The van der Waals surface area contributed by atoms with Crippen LogP contribution in [0.4, 0.5) is 5.82 Å². The molecule has 0 saturated heterocycles. The van der Waals surface area contributed by atoms with Gasteiger partial charge in [0.15, 0.2) is 5.82 Å². The lowest BCUT2D eigenvalue weighted by Gasteiger charge is -2.11. The van der Waals surface area contributed by atoms with Gasteiger partial charge in [-0.05, 0) is 6.92 Å². The molecule has 0 amide bonds. The molecule has 0 aliphatic heterocycles. The van der Waals surface area contributed by atoms with Crippen molar-refractivity contribution in [3.8, 4) is 0 Å². The Bertz CT molecular complexity index is 583. The minimum Gasteiger partial charge on any atom is -0.481 e. The molecule has 1 heterocycles. The fraction of sp³-hybridized carbons (Fsp3) is 0.308. The first kappa shape index (κ1) is 12.3. The molecule has 0 aliphatic rings. The number of hydrogen-bond acceptors (Lipinski definition) is 4. The highest BCUT2D eigenvalue weighted by Gasteiger charge is 2.12. The predicted molar refractivity (Wildman–Crippen MR) is 69.6 cm³/mol. The number of rotatable bonds is 4. The van der Waals surface area contributed by atoms with E-state index in [2.05, 4.69) is 15.5 Å². The minimum atomic E-state index is -0.827. The van der Waals surface area contributed by atoms with Crippen LogP contribution in [0.3, 0.4) is 0 Å². The van der Waals surface area contributed by atoms with Gasteiger partial charge in [-0.25, -0.2) is 0 Å². The Hall–Kier alpha value is -2.17. The van der Waals surface area contributed by atoms with Crippen LogP contribution in [0.25, 0.3) is 10.8 Å². The molecule has 2 aromatic rings. The summed E-state index contributed by atoms with van der Waals surface area (Å²) in [5.41, 5.74) is 0.863. The maximum absolute atomic E-state index is 10.8. The van der Waals surface area contributed by atoms with Gasteiger partial charge in [-0.1, -0.05) is 31.2 Å². The predicted octanol–water partition coefficient (Wildman–Crippen LogP) is 2.07. The highest BCUT2D eigenvalue weighted by atomic mass is 16.4. The van der Waals surface area contributed by atoms with Crippen molar-refractivity contribution in [3.63, 3.8) is 0 Å². The Morgan fingerprint density at radius 1 is 1.33 bits per heavy atom. The number of nitrogens with one attached hydrogen (secondary N) is 1. The Kier molecular flexibility index (Phi) is 3.41. The average Bonchev–Trinajstić information content (AvgIpc) is 2.38. The van der Waals surface area contributed by atoms with Crippen LogP contribution in [-0.2, 0) is 4.79 Å². The quantitative estimate of drug-likeness (QED) is 0.862. The second-order valence-corrected chi connectivity index (χ2v) is 4.30. The molecule has 0 spiro atoms. The third-order valence-corrected chi connectivity index (χ3v) is 2.87. The van der Waals surface area contributed by atoms with Gasteiger partial charge < -0.3 is 10.4 Å². The number of carboxylic acids is 1. The van der Waals surface area contributed by atoms with Crippen LogP contribution in [0.5, 0.6) is 0 Å². The van der Waals surface area contributed by atoms with Crippen molar-refractivity contribution >= 4 is 22.6 Å². The molecule has 5 heteroatoms. The summed E-state index contributed by atoms with van der Waals surface area (Å²) in [6.07, 6.45) is 0. The van der Waals surface area contributed by atoms with E-state index in [1.165, 1.54) is 0 Å². The van der Waals surface area contributed by atoms with E-state index in [0.29, 0.717) is 12.4 Å². The molecule has 0 bridgehead atoms. The van der Waals surface area contributed by atoms with Gasteiger partial charge in [0, 0.05) is 17.3 Å². The van der Waals surface area contributed by atoms with Crippen molar-refractivity contribution in [2.45, 2.75) is 13.8 Å². The molecule has 0 saturated carbocycles. The topological polar surface area (TPSA) is 75.1 Å². The van der Waals surface area contributed by atoms with Crippen LogP contribution in [0.15, 0.2) is 24.3 Å². The molecule has 0 fully saturated rings. The van der Waals surface area contributed by atoms with Crippen molar-refractivity contribution in [3.05, 3.63) is 30.0 Å². The smallest absolute Gasteiger partial charge is 0.308 e. The van der Waals surface area contributed by atoms with Crippen LogP contribution in [0.1, 0.15) is 12.6 Å². The normalized spacial score (nSPS) is 12.3. The lowest BCUT2D eigenvalue weighted by molar-refractivity contribution is -0.140. The Morgan fingerprint density at radius 3 is 2.67 bits per heavy atom. The van der Waals surface area contributed by atoms with Gasteiger partial charge in [0.05, 0.1) is 11.6 Å². The number of fused-ring (bicyclic) bond motifs is 1. The van der Waals surface area contributed by atoms with Gasteiger partial charge in [-0.2, -0.15) is 5.10 Å². The molecule has 2 N–H and O–H groups in total. The fourth-order valence-electron chi connectivity index (χ4n) is 1.71. The van der Waals surface area contributed by atoms with E-state index >= 15 is 0 Å². The number of aliphatic carboxylic acids is 1. The summed E-state index contributed by atoms with van der Waals surface area (Å²) in [7, 11) is 0. The summed E-state index contributed by atoms with van der Waals surface area (Å²) in [4.78, 5) is 10.8. The van der Waals surface area contributed by atoms with Crippen molar-refractivity contribution in [1.82, 2.24) is 10.2 Å². The molecule has 1 atom stereocenters. The fourth-order valence-corrected chi connectivity index (χ4v) is 1.71. The van der Waals surface area contributed by atoms with Crippen LogP contribution >= 0.6 is 0 Å². The molecule has 1 unspecified atom stereocenters. The SMILES string of the molecule is Cc1nnc(NCC(C)C(=O)O)c2ccccc12. The molecule has 1 aromatic heterocycles. The first-order valence-electron chi connectivity index (χ1n) is 5.78. The van der Waals surface area contributed by atoms with Gasteiger partial charge in [0.25, 0.3) is 0 Å². The van der Waals surface area contributed by atoms with Gasteiger partial charge >= 0.3 is 5.97 Å². The third kappa shape index (κ3) is 2.40. The number of benzene rings is 1. The molecule has 2 rings (SSSR count). The molecule has 94 valence electrons.